The summed E-state index contributed by atoms with van der Waals surface area (Å²) in [5.74, 6) is -0.489. The van der Waals surface area contributed by atoms with Crippen molar-refractivity contribution in [3.8, 4) is 0 Å². The third-order valence-corrected chi connectivity index (χ3v) is 4.54. The second kappa shape index (κ2) is 7.59. The van der Waals surface area contributed by atoms with Crippen LogP contribution < -0.4 is 5.32 Å². The minimum absolute atomic E-state index is 0.0370. The second-order valence-corrected chi connectivity index (χ2v) is 5.80. The first-order chi connectivity index (χ1) is 9.01. The van der Waals surface area contributed by atoms with Crippen molar-refractivity contribution in [1.29, 1.82) is 0 Å². The van der Waals surface area contributed by atoms with Crippen LogP contribution in [0.5, 0.6) is 0 Å². The van der Waals surface area contributed by atoms with Crippen LogP contribution in [0.1, 0.15) is 26.7 Å². The number of nitrogens with zero attached hydrogens (tertiary/aromatic N) is 1. The lowest BCUT2D eigenvalue weighted by Gasteiger charge is -2.28. The highest BCUT2D eigenvalue weighted by molar-refractivity contribution is 8.00. The number of hydrogen-bond donors (Lipinski definition) is 2. The molecule has 0 radical (unpaired) electrons. The quantitative estimate of drug-likeness (QED) is 0.772. The average Bonchev–Trinajstić information content (AvgIpc) is 2.80. The monoisotopic (exact) mass is 290 g/mol. The summed E-state index contributed by atoms with van der Waals surface area (Å²) in [6, 6.07) is -1.07. The molecule has 0 bridgehead atoms. The molecule has 1 aliphatic rings. The maximum atomic E-state index is 12.2. The zero-order valence-corrected chi connectivity index (χ0v) is 12.4. The second-order valence-electron chi connectivity index (χ2n) is 4.59. The fraction of sp³-hybridized carbons (Fsp3) is 0.833. The molecule has 0 aliphatic carbocycles. The smallest absolute Gasteiger partial charge is 0.327 e. The number of carbonyl (C=O) groups is 2. The number of amides is 2. The molecule has 1 rings (SSSR count). The molecule has 19 heavy (non-hydrogen) atoms. The van der Waals surface area contributed by atoms with E-state index < -0.39 is 12.0 Å². The first kappa shape index (κ1) is 16.1. The van der Waals surface area contributed by atoms with Crippen molar-refractivity contribution in [2.45, 2.75) is 44.1 Å². The molecule has 0 aromatic rings. The van der Waals surface area contributed by atoms with Crippen molar-refractivity contribution >= 4 is 23.8 Å². The minimum atomic E-state index is -0.942. The Bertz CT molecular complexity index is 327. The molecule has 1 aliphatic heterocycles. The van der Waals surface area contributed by atoms with E-state index >= 15 is 0 Å². The Morgan fingerprint density at radius 2 is 2.26 bits per heavy atom. The first-order valence-electron chi connectivity index (χ1n) is 6.43. The maximum absolute atomic E-state index is 12.2. The zero-order valence-electron chi connectivity index (χ0n) is 11.6. The molecule has 0 aromatic carbocycles. The molecule has 0 saturated carbocycles. The first-order valence-corrected chi connectivity index (χ1v) is 7.48. The largest absolute Gasteiger partial charge is 0.480 e. The highest BCUT2D eigenvalue weighted by atomic mass is 32.2. The molecule has 3 atom stereocenters. The number of ether oxygens (including phenoxy) is 1. The maximum Gasteiger partial charge on any atom is 0.327 e. The van der Waals surface area contributed by atoms with Crippen LogP contribution >= 0.6 is 11.8 Å². The Morgan fingerprint density at radius 3 is 2.79 bits per heavy atom. The summed E-state index contributed by atoms with van der Waals surface area (Å²) in [5, 5.41) is 11.9. The van der Waals surface area contributed by atoms with Gasteiger partial charge >= 0.3 is 12.0 Å². The predicted molar refractivity (Wildman–Crippen MR) is 74.3 cm³/mol. The lowest BCUT2D eigenvalue weighted by molar-refractivity contribution is -0.141. The molecule has 2 amide bonds. The van der Waals surface area contributed by atoms with E-state index in [1.54, 1.807) is 7.11 Å². The Hall–Kier alpha value is -0.950. The molecule has 7 heteroatoms. The summed E-state index contributed by atoms with van der Waals surface area (Å²) >= 11 is 1.52. The summed E-state index contributed by atoms with van der Waals surface area (Å²) in [6.07, 6.45) is 1.45. The van der Waals surface area contributed by atoms with Gasteiger partial charge in [0, 0.05) is 25.5 Å². The number of methoxy groups -OCH3 is 1. The Balaban J connectivity index is 2.62. The van der Waals surface area contributed by atoms with Crippen LogP contribution in [-0.2, 0) is 9.53 Å². The number of carboxylic acids is 1. The van der Waals surface area contributed by atoms with Gasteiger partial charge in [-0.25, -0.2) is 9.59 Å². The van der Waals surface area contributed by atoms with Crippen molar-refractivity contribution < 1.29 is 19.4 Å². The SMILES string of the molecule is CCC1SCC(C(=O)O)N1C(=O)NC(C)CCOC. The Kier molecular flexibility index (Phi) is 6.44. The van der Waals surface area contributed by atoms with Crippen molar-refractivity contribution in [3.05, 3.63) is 0 Å². The van der Waals surface area contributed by atoms with Gasteiger partial charge in [0.1, 0.15) is 6.04 Å². The van der Waals surface area contributed by atoms with E-state index in [1.165, 1.54) is 16.7 Å². The summed E-state index contributed by atoms with van der Waals surface area (Å²) in [7, 11) is 1.61. The summed E-state index contributed by atoms with van der Waals surface area (Å²) < 4.78 is 4.96. The van der Waals surface area contributed by atoms with E-state index in [1.807, 2.05) is 13.8 Å². The third kappa shape index (κ3) is 4.28. The Morgan fingerprint density at radius 1 is 1.58 bits per heavy atom. The summed E-state index contributed by atoms with van der Waals surface area (Å²) in [6.45, 7) is 4.41. The van der Waals surface area contributed by atoms with E-state index in [0.29, 0.717) is 18.8 Å². The number of aliphatic carboxylic acids is 1. The molecule has 2 N–H and O–H groups in total. The lowest BCUT2D eigenvalue weighted by Crippen LogP contribution is -2.52. The summed E-state index contributed by atoms with van der Waals surface area (Å²) in [4.78, 5) is 24.8. The number of thioether (sulfide) groups is 1. The van der Waals surface area contributed by atoms with Crippen LogP contribution in [0.3, 0.4) is 0 Å². The van der Waals surface area contributed by atoms with Crippen LogP contribution in [0.15, 0.2) is 0 Å². The van der Waals surface area contributed by atoms with Crippen LogP contribution in [-0.4, -0.2) is 58.9 Å². The van der Waals surface area contributed by atoms with E-state index in [-0.39, 0.29) is 17.4 Å². The third-order valence-electron chi connectivity index (χ3n) is 3.09. The van der Waals surface area contributed by atoms with Gasteiger partial charge in [-0.15, -0.1) is 11.8 Å². The number of nitrogens with one attached hydrogen (secondary N) is 1. The molecular formula is C12H22N2O4S. The predicted octanol–water partition coefficient (Wildman–Crippen LogP) is 1.36. The number of carbonyl (C=O) groups excluding carboxylic acids is 1. The topological polar surface area (TPSA) is 78.9 Å². The molecular weight excluding hydrogens is 268 g/mol. The molecule has 1 saturated heterocycles. The van der Waals surface area contributed by atoms with Gasteiger partial charge in [-0.05, 0) is 19.8 Å². The van der Waals surface area contributed by atoms with Crippen LogP contribution in [0.2, 0.25) is 0 Å². The van der Waals surface area contributed by atoms with Crippen molar-refractivity contribution in [3.63, 3.8) is 0 Å². The normalized spacial score (nSPS) is 24.3. The van der Waals surface area contributed by atoms with Crippen molar-refractivity contribution in [2.24, 2.45) is 0 Å². The van der Waals surface area contributed by atoms with Gasteiger partial charge in [-0.2, -0.15) is 0 Å². The minimum Gasteiger partial charge on any atom is -0.480 e. The van der Waals surface area contributed by atoms with E-state index in [2.05, 4.69) is 5.32 Å². The lowest BCUT2D eigenvalue weighted by atomic mass is 10.2. The van der Waals surface area contributed by atoms with Gasteiger partial charge in [0.25, 0.3) is 0 Å². The standard InChI is InChI=1S/C12H22N2O4S/c1-4-10-14(9(7-19-10)11(15)16)12(17)13-8(2)5-6-18-3/h8-10H,4-7H2,1-3H3,(H,13,17)(H,15,16). The van der Waals surface area contributed by atoms with Crippen molar-refractivity contribution in [1.82, 2.24) is 10.2 Å². The van der Waals surface area contributed by atoms with Gasteiger partial charge in [0.15, 0.2) is 0 Å². The fourth-order valence-electron chi connectivity index (χ4n) is 1.99. The number of urea groups is 1. The number of hydrogen-bond acceptors (Lipinski definition) is 4. The van der Waals surface area contributed by atoms with Crippen LogP contribution in [0.25, 0.3) is 0 Å². The number of rotatable bonds is 6. The van der Waals surface area contributed by atoms with Gasteiger partial charge < -0.3 is 15.2 Å². The van der Waals surface area contributed by atoms with Gasteiger partial charge in [0.05, 0.1) is 5.37 Å². The molecule has 6 nitrogen and oxygen atoms in total. The average molecular weight is 290 g/mol. The van der Waals surface area contributed by atoms with E-state index in [4.69, 9.17) is 9.84 Å². The van der Waals surface area contributed by atoms with Crippen LogP contribution in [0, 0.1) is 0 Å². The van der Waals surface area contributed by atoms with E-state index in [9.17, 15) is 9.59 Å². The Labute approximate surface area is 117 Å². The molecule has 0 aromatic heterocycles. The molecule has 110 valence electrons. The van der Waals surface area contributed by atoms with Gasteiger partial charge in [-0.1, -0.05) is 6.92 Å². The molecule has 1 heterocycles. The molecule has 0 spiro atoms. The van der Waals surface area contributed by atoms with Gasteiger partial charge in [-0.3, -0.25) is 4.90 Å². The fourth-order valence-corrected chi connectivity index (χ4v) is 3.34. The molecule has 3 unspecified atom stereocenters. The molecule has 1 fully saturated rings. The van der Waals surface area contributed by atoms with Crippen molar-refractivity contribution in [2.75, 3.05) is 19.5 Å². The highest BCUT2D eigenvalue weighted by Crippen LogP contribution is 2.31. The zero-order chi connectivity index (χ0) is 14.4. The van der Waals surface area contributed by atoms with Gasteiger partial charge in [0.2, 0.25) is 0 Å². The number of carboxylic acid groups (broad SMARTS) is 1. The van der Waals surface area contributed by atoms with Crippen LogP contribution in [0.4, 0.5) is 4.79 Å². The highest BCUT2D eigenvalue weighted by Gasteiger charge is 2.40. The summed E-state index contributed by atoms with van der Waals surface area (Å²) in [5.41, 5.74) is 0. The van der Waals surface area contributed by atoms with E-state index in [0.717, 1.165) is 6.42 Å².